The summed E-state index contributed by atoms with van der Waals surface area (Å²) in [5.74, 6) is 3.79. The molecule has 3 N–H and O–H groups in total. The number of allylic oxidation sites excluding steroid dienone is 5. The molecule has 300 valence electrons. The highest BCUT2D eigenvalue weighted by molar-refractivity contribution is 5.75. The highest BCUT2D eigenvalue weighted by Gasteiger charge is 2.38. The molecule has 2 aromatic heterocycles. The van der Waals surface area contributed by atoms with Crippen molar-refractivity contribution in [2.45, 2.75) is 67.1 Å². The molecule has 3 aliphatic heterocycles. The summed E-state index contributed by atoms with van der Waals surface area (Å²) in [6.07, 6.45) is 20.3. The van der Waals surface area contributed by atoms with Gasteiger partial charge in [0.05, 0.1) is 17.1 Å². The second kappa shape index (κ2) is 19.7. The first-order valence-electron chi connectivity index (χ1n) is 20.9. The van der Waals surface area contributed by atoms with Crippen molar-refractivity contribution in [3.05, 3.63) is 174 Å². The molecule has 8 heteroatoms. The number of likely N-dealkylation sites (N-methyl/N-ethyl adjacent to an activating group) is 1. The summed E-state index contributed by atoms with van der Waals surface area (Å²) < 4.78 is 2.26. The number of rotatable bonds is 7. The van der Waals surface area contributed by atoms with Crippen LogP contribution in [0, 0.1) is 12.8 Å². The number of hydrogen-bond acceptors (Lipinski definition) is 7. The topological polar surface area (TPSA) is 73.3 Å². The Balaban J connectivity index is 0.000000457. The van der Waals surface area contributed by atoms with Crippen LogP contribution in [0.2, 0.25) is 0 Å². The van der Waals surface area contributed by atoms with Gasteiger partial charge in [-0.15, -0.1) is 0 Å². The smallest absolute Gasteiger partial charge is 0.146 e. The van der Waals surface area contributed by atoms with Crippen LogP contribution in [0.5, 0.6) is 0 Å². The predicted molar refractivity (Wildman–Crippen MR) is 246 cm³/mol. The summed E-state index contributed by atoms with van der Waals surface area (Å²) in [5, 5.41) is 11.0. The van der Waals surface area contributed by atoms with Crippen LogP contribution in [0.25, 0.3) is 23.2 Å². The fourth-order valence-electron chi connectivity index (χ4n) is 7.58. The maximum atomic E-state index is 5.25. The summed E-state index contributed by atoms with van der Waals surface area (Å²) in [7, 11) is 2.19. The molecule has 0 radical (unpaired) electrons. The van der Waals surface area contributed by atoms with Crippen molar-refractivity contribution in [3.8, 4) is 17.1 Å². The van der Waals surface area contributed by atoms with Crippen LogP contribution in [-0.4, -0.2) is 39.6 Å². The molecule has 3 unspecified atom stereocenters. The summed E-state index contributed by atoms with van der Waals surface area (Å²) >= 11 is 0. The number of aromatic nitrogens is 3. The number of hydrogen-bond donors (Lipinski definition) is 3. The van der Waals surface area contributed by atoms with Crippen LogP contribution in [0.4, 0.5) is 17.2 Å². The standard InChI is InChI=1S/C39H38N8.C7H10.2C2H6/c1-26(43-33-17-10-20-40-27(33)2)28-23-29(36-44-34-18-11-21-41-37(34)46(36)31-13-6-4-7-14-31)25-30(24-28)39-45(3)35-19-12-22-42-38(35)47(39)32-15-8-5-9-16-32;1-7-5-3-2-4-6-7;2*1-2/h4-20,23-26,39,41-43H,21-22H2,1-3H3;2-5,7H,6H2,1H3;2*1-2H3. The number of fused-ring (bicyclic) bond motifs is 1. The first kappa shape index (κ1) is 41.4. The second-order valence-electron chi connectivity index (χ2n) is 14.2. The van der Waals surface area contributed by atoms with Gasteiger partial charge in [0.25, 0.3) is 0 Å². The van der Waals surface area contributed by atoms with Gasteiger partial charge in [-0.3, -0.25) is 9.55 Å². The second-order valence-corrected chi connectivity index (χ2v) is 14.2. The molecular weight excluding hydrogens is 713 g/mol. The van der Waals surface area contributed by atoms with Gasteiger partial charge in [-0.2, -0.15) is 0 Å². The molecule has 1 aliphatic carbocycles. The molecule has 0 saturated heterocycles. The molecule has 58 heavy (non-hydrogen) atoms. The van der Waals surface area contributed by atoms with E-state index in [0.717, 1.165) is 70.5 Å². The Morgan fingerprint density at radius 2 is 1.50 bits per heavy atom. The van der Waals surface area contributed by atoms with Gasteiger partial charge < -0.3 is 25.8 Å². The average Bonchev–Trinajstić information content (AvgIpc) is 3.82. The summed E-state index contributed by atoms with van der Waals surface area (Å²) in [5.41, 5.74) is 9.71. The number of nitrogens with zero attached hydrogens (tertiary/aromatic N) is 5. The fourth-order valence-corrected chi connectivity index (χ4v) is 7.58. The van der Waals surface area contributed by atoms with Gasteiger partial charge in [0.15, 0.2) is 0 Å². The zero-order valence-corrected chi connectivity index (χ0v) is 35.4. The lowest BCUT2D eigenvalue weighted by atomic mass is 9.97. The van der Waals surface area contributed by atoms with E-state index < -0.39 is 0 Å². The number of nitrogens with one attached hydrogen (secondary N) is 3. The van der Waals surface area contributed by atoms with E-state index in [2.05, 4.69) is 190 Å². The highest BCUT2D eigenvalue weighted by Crippen LogP contribution is 2.44. The molecule has 0 spiro atoms. The van der Waals surface area contributed by atoms with Crippen molar-refractivity contribution >= 4 is 23.3 Å². The molecule has 3 aromatic carbocycles. The van der Waals surface area contributed by atoms with E-state index in [1.165, 1.54) is 23.2 Å². The van der Waals surface area contributed by atoms with Crippen molar-refractivity contribution in [1.82, 2.24) is 24.8 Å². The van der Waals surface area contributed by atoms with Gasteiger partial charge in [0, 0.05) is 49.3 Å². The Morgan fingerprint density at radius 3 is 2.17 bits per heavy atom. The van der Waals surface area contributed by atoms with Crippen molar-refractivity contribution in [3.63, 3.8) is 0 Å². The van der Waals surface area contributed by atoms with Crippen LogP contribution in [0.3, 0.4) is 0 Å². The number of pyridine rings is 1. The lowest BCUT2D eigenvalue weighted by Gasteiger charge is -2.34. The monoisotopic (exact) mass is 772 g/mol. The molecule has 5 aromatic rings. The van der Waals surface area contributed by atoms with E-state index in [1.807, 2.05) is 46.9 Å². The van der Waals surface area contributed by atoms with Gasteiger partial charge >= 0.3 is 0 Å². The minimum absolute atomic E-state index is 0.00173. The van der Waals surface area contributed by atoms with Gasteiger partial charge in [0.1, 0.15) is 29.3 Å². The molecule has 3 atom stereocenters. The molecule has 0 saturated carbocycles. The molecule has 8 nitrogen and oxygen atoms in total. The van der Waals surface area contributed by atoms with Crippen LogP contribution in [0.15, 0.2) is 151 Å². The van der Waals surface area contributed by atoms with Gasteiger partial charge in [-0.05, 0) is 104 Å². The molecule has 0 bridgehead atoms. The van der Waals surface area contributed by atoms with Crippen LogP contribution >= 0.6 is 0 Å². The zero-order chi connectivity index (χ0) is 41.0. The van der Waals surface area contributed by atoms with E-state index in [1.54, 1.807) is 0 Å². The first-order valence-corrected chi connectivity index (χ1v) is 20.9. The summed E-state index contributed by atoms with van der Waals surface area (Å²) in [4.78, 5) is 14.6. The van der Waals surface area contributed by atoms with Gasteiger partial charge in [-0.1, -0.05) is 107 Å². The molecular formula is C50H60N8. The lowest BCUT2D eigenvalue weighted by Crippen LogP contribution is -2.34. The Hall–Kier alpha value is -6.28. The van der Waals surface area contributed by atoms with Gasteiger partial charge in [0.2, 0.25) is 0 Å². The first-order chi connectivity index (χ1) is 28.5. The normalized spacial score (nSPS) is 17.6. The third kappa shape index (κ3) is 8.97. The lowest BCUT2D eigenvalue weighted by molar-refractivity contribution is 0.350. The van der Waals surface area contributed by atoms with Crippen molar-refractivity contribution < 1.29 is 0 Å². The largest absolute Gasteiger partial charge is 0.377 e. The Kier molecular flexibility index (Phi) is 14.1. The number of dihydropyridines is 1. The van der Waals surface area contributed by atoms with E-state index in [0.29, 0.717) is 0 Å². The number of benzene rings is 3. The van der Waals surface area contributed by atoms with E-state index in [4.69, 9.17) is 4.98 Å². The Labute approximate surface area is 346 Å². The number of imidazole rings is 1. The zero-order valence-electron chi connectivity index (χ0n) is 35.4. The third-order valence-electron chi connectivity index (χ3n) is 10.4. The van der Waals surface area contributed by atoms with Gasteiger partial charge in [-0.25, -0.2) is 4.98 Å². The molecule has 0 amide bonds. The number of aryl methyl sites for hydroxylation is 1. The summed E-state index contributed by atoms with van der Waals surface area (Å²) in [6.45, 7) is 16.0. The van der Waals surface area contributed by atoms with Crippen molar-refractivity contribution in [2.75, 3.05) is 35.7 Å². The minimum Gasteiger partial charge on any atom is -0.377 e. The molecule has 9 rings (SSSR count). The number of para-hydroxylation sites is 2. The quantitative estimate of drug-likeness (QED) is 0.152. The Bertz CT molecular complexity index is 2260. The SMILES string of the molecule is CC.CC.CC1C=CC=CC1.Cc1ncccc1NC(C)c1cc(-c2nc3c(n2-c2ccccc2)NCC=C3)cc(C2N(C)C3=C(NCC=C3)N2c2ccccc2)c1. The van der Waals surface area contributed by atoms with E-state index in [-0.39, 0.29) is 12.2 Å². The van der Waals surface area contributed by atoms with Crippen LogP contribution in [0.1, 0.15) is 82.7 Å². The predicted octanol–water partition coefficient (Wildman–Crippen LogP) is 11.8. The Morgan fingerprint density at radius 1 is 0.793 bits per heavy atom. The van der Waals surface area contributed by atoms with Crippen LogP contribution < -0.4 is 20.9 Å². The maximum absolute atomic E-state index is 5.25. The fraction of sp³-hybridized carbons (Fsp3) is 0.280. The summed E-state index contributed by atoms with van der Waals surface area (Å²) in [6, 6.07) is 32.2. The third-order valence-corrected chi connectivity index (χ3v) is 10.4. The molecule has 0 fully saturated rings. The van der Waals surface area contributed by atoms with Crippen molar-refractivity contribution in [1.29, 1.82) is 0 Å². The number of anilines is 3. The van der Waals surface area contributed by atoms with E-state index in [9.17, 15) is 0 Å². The van der Waals surface area contributed by atoms with Crippen molar-refractivity contribution in [2.24, 2.45) is 5.92 Å². The van der Waals surface area contributed by atoms with Crippen LogP contribution in [-0.2, 0) is 0 Å². The molecule has 4 aliphatic rings. The maximum Gasteiger partial charge on any atom is 0.146 e. The minimum atomic E-state index is -0.0866. The molecule has 5 heterocycles. The highest BCUT2D eigenvalue weighted by atomic mass is 15.5. The van der Waals surface area contributed by atoms with E-state index >= 15 is 0 Å². The average molecular weight is 773 g/mol.